The number of piperazine rings is 2. The summed E-state index contributed by atoms with van der Waals surface area (Å²) in [6, 6.07) is 31.1. The summed E-state index contributed by atoms with van der Waals surface area (Å²) in [6.07, 6.45) is 8.98. The maximum atomic E-state index is 15.9. The smallest absolute Gasteiger partial charge is 0.251 e. The first-order chi connectivity index (χ1) is 51.1. The number of aromatic nitrogens is 6. The number of likely N-dealkylation sites (N-methyl/N-ethyl adjacent to an activating group) is 2. The van der Waals surface area contributed by atoms with Gasteiger partial charge in [-0.3, -0.25) is 28.9 Å². The quantitative estimate of drug-likeness (QED) is 0.0278. The number of nitrogens with zero attached hydrogens (tertiary/aromatic N) is 9. The second-order valence-electron chi connectivity index (χ2n) is 26.9. The lowest BCUT2D eigenvalue weighted by molar-refractivity contribution is 0.0903. The van der Waals surface area contributed by atoms with Crippen molar-refractivity contribution in [2.75, 3.05) is 104 Å². The third-order valence-corrected chi connectivity index (χ3v) is 19.8. The van der Waals surface area contributed by atoms with E-state index in [0.29, 0.717) is 86.5 Å². The summed E-state index contributed by atoms with van der Waals surface area (Å²) in [4.78, 5) is 81.1. The highest BCUT2D eigenvalue weighted by atomic mass is 19.1. The molecule has 554 valence electrons. The Balaban J connectivity index is 0.000000196. The number of benzene rings is 5. The van der Waals surface area contributed by atoms with Crippen LogP contribution in [0.5, 0.6) is 0 Å². The topological polar surface area (TPSA) is 259 Å². The molecule has 0 atom stereocenters. The highest BCUT2D eigenvalue weighted by molar-refractivity contribution is 6.01. The normalized spacial score (nSPS) is 15.4. The molecule has 4 saturated heterocycles. The Morgan fingerprint density at radius 3 is 1.42 bits per heavy atom. The molecule has 5 aromatic carbocycles. The van der Waals surface area contributed by atoms with Gasteiger partial charge in [-0.25, -0.2) is 28.1 Å². The second kappa shape index (κ2) is 37.2. The maximum Gasteiger partial charge on any atom is 0.251 e. The van der Waals surface area contributed by atoms with Crippen LogP contribution in [0.25, 0.3) is 33.2 Å². The SMILES string of the molecule is CCc1nc2c(cnn2CC)c(NC2CCOCC2)c1CNC(=O)c1cccc(C(=O)NCc2cccc(-c3cccc(CN4CCN(C)CC4)c3)c2F)c1.CCc1nc2c(cnn2CC)c(NC2CCOCC2)c1CNC(=O)c1cccc(C(=O)NCc2cccc(C=O)c2F)c1.CN1CCNCC1. The monoisotopic (exact) mass is 1430 g/mol. The van der Waals surface area contributed by atoms with E-state index in [2.05, 4.69) is 95.3 Å². The van der Waals surface area contributed by atoms with Gasteiger partial charge >= 0.3 is 0 Å². The van der Waals surface area contributed by atoms with E-state index in [-0.39, 0.29) is 72.6 Å². The number of amides is 4. The molecule has 13 rings (SSSR count). The van der Waals surface area contributed by atoms with E-state index in [1.807, 2.05) is 60.7 Å². The Morgan fingerprint density at radius 1 is 0.533 bits per heavy atom. The van der Waals surface area contributed by atoms with Crippen molar-refractivity contribution < 1.29 is 42.2 Å². The second-order valence-corrected chi connectivity index (χ2v) is 26.9. The van der Waals surface area contributed by atoms with Crippen LogP contribution in [0.2, 0.25) is 0 Å². The number of halogens is 2. The number of carbonyl (C=O) groups excluding carboxylic acids is 5. The molecule has 4 fully saturated rings. The fourth-order valence-corrected chi connectivity index (χ4v) is 13.5. The van der Waals surface area contributed by atoms with Crippen molar-refractivity contribution in [1.29, 1.82) is 0 Å². The molecule has 7 N–H and O–H groups in total. The van der Waals surface area contributed by atoms with E-state index < -0.39 is 17.6 Å². The standard InChI is InChI=1S/C43H51FN8O3.C32H35FN6O4.C5H12N2/c1-4-38-36(40(48-34-15-21-55-22-16-34)37-27-47-52(5-2)41(37)49-38)26-46-43(54)32-12-7-11-31(24-32)42(53)45-25-33-13-8-14-35(39(33)44)30-10-6-9-29(23-30)28-51-19-17-50(3)18-20-51;1-3-27-25(29(37-24-11-13-43-14-12-24)26-18-36-39(4-2)30(26)38-27)17-35-32(42)21-8-5-7-20(15-21)31(41)34-16-22-9-6-10-23(19-40)28(22)33;1-7-4-2-6-3-5-7/h6-14,23-24,27,34H,4-5,15-22,25-26,28H2,1-3H3,(H,45,53)(H,46,54)(H,48,49);5-10,15,18-19,24H,3-4,11-14,16-17H2,1-2H3,(H,34,41)(H,35,42)(H,37,38);6H,2-5H2,1H3. The van der Waals surface area contributed by atoms with Crippen LogP contribution in [0.3, 0.4) is 0 Å². The largest absolute Gasteiger partial charge is 0.381 e. The molecule has 0 saturated carbocycles. The predicted molar refractivity (Wildman–Crippen MR) is 404 cm³/mol. The average molecular weight is 1430 g/mol. The van der Waals surface area contributed by atoms with Gasteiger partial charge in [0.1, 0.15) is 11.6 Å². The van der Waals surface area contributed by atoms with Crippen molar-refractivity contribution in [3.63, 3.8) is 0 Å². The summed E-state index contributed by atoms with van der Waals surface area (Å²) in [5.41, 5.74) is 11.3. The van der Waals surface area contributed by atoms with Crippen LogP contribution in [0.4, 0.5) is 20.2 Å². The number of aryl methyl sites for hydroxylation is 4. The molecule has 4 aliphatic rings. The summed E-state index contributed by atoms with van der Waals surface area (Å²) in [7, 11) is 4.29. The molecule has 9 aromatic rings. The maximum absolute atomic E-state index is 15.9. The molecule has 4 aliphatic heterocycles. The van der Waals surface area contributed by atoms with E-state index in [1.54, 1.807) is 60.7 Å². The number of rotatable bonds is 24. The molecule has 4 aromatic heterocycles. The molecular weight excluding hydrogens is 1330 g/mol. The average Bonchev–Trinajstić information content (AvgIpc) is 1.61. The van der Waals surface area contributed by atoms with Gasteiger partial charge in [0.15, 0.2) is 17.6 Å². The van der Waals surface area contributed by atoms with Crippen LogP contribution in [0.1, 0.15) is 144 Å². The number of carbonyl (C=O) groups is 5. The van der Waals surface area contributed by atoms with Gasteiger partial charge in [0.05, 0.1) is 40.1 Å². The highest BCUT2D eigenvalue weighted by Gasteiger charge is 2.26. The van der Waals surface area contributed by atoms with Crippen LogP contribution < -0.4 is 37.2 Å². The van der Waals surface area contributed by atoms with Crippen LogP contribution in [0, 0.1) is 11.6 Å². The molecule has 4 amide bonds. The van der Waals surface area contributed by atoms with E-state index in [1.165, 1.54) is 31.3 Å². The summed E-state index contributed by atoms with van der Waals surface area (Å²) in [5.74, 6) is -2.55. The highest BCUT2D eigenvalue weighted by Crippen LogP contribution is 2.34. The Kier molecular flexibility index (Phi) is 27.0. The third kappa shape index (κ3) is 19.5. The van der Waals surface area contributed by atoms with Crippen molar-refractivity contribution in [1.82, 2.24) is 70.8 Å². The number of fused-ring (bicyclic) bond motifs is 2. The van der Waals surface area contributed by atoms with Crippen molar-refractivity contribution >= 4 is 63.4 Å². The molecule has 25 heteroatoms. The summed E-state index contributed by atoms with van der Waals surface area (Å²) in [5, 5.41) is 33.3. The van der Waals surface area contributed by atoms with E-state index in [9.17, 15) is 28.4 Å². The van der Waals surface area contributed by atoms with Crippen LogP contribution in [-0.2, 0) is 68.1 Å². The van der Waals surface area contributed by atoms with E-state index in [4.69, 9.17) is 19.4 Å². The van der Waals surface area contributed by atoms with Crippen LogP contribution in [-0.4, -0.2) is 179 Å². The van der Waals surface area contributed by atoms with E-state index >= 15 is 4.39 Å². The Bertz CT molecular complexity index is 4480. The first kappa shape index (κ1) is 76.2. The van der Waals surface area contributed by atoms with Crippen molar-refractivity contribution in [2.45, 2.75) is 124 Å². The third-order valence-electron chi connectivity index (χ3n) is 19.8. The summed E-state index contributed by atoms with van der Waals surface area (Å²) in [6.45, 7) is 22.4. The molecule has 23 nitrogen and oxygen atoms in total. The minimum atomic E-state index is -0.669. The van der Waals surface area contributed by atoms with Crippen LogP contribution >= 0.6 is 0 Å². The first-order valence-electron chi connectivity index (χ1n) is 36.8. The molecule has 8 heterocycles. The van der Waals surface area contributed by atoms with Gasteiger partial charge in [-0.1, -0.05) is 74.5 Å². The molecule has 0 unspecified atom stereocenters. The van der Waals surface area contributed by atoms with Gasteiger partial charge in [0.2, 0.25) is 0 Å². The Morgan fingerprint density at radius 2 is 0.971 bits per heavy atom. The molecular formula is C80H98F2N16O7. The number of aldehydes is 1. The van der Waals surface area contributed by atoms with Gasteiger partial charge in [0.25, 0.3) is 23.6 Å². The number of hydrogen-bond acceptors (Lipinski definition) is 17. The van der Waals surface area contributed by atoms with Gasteiger partial charge in [-0.05, 0) is 126 Å². The minimum absolute atomic E-state index is 0.00268. The zero-order valence-electron chi connectivity index (χ0n) is 61.1. The minimum Gasteiger partial charge on any atom is -0.381 e. The molecule has 0 spiro atoms. The van der Waals surface area contributed by atoms with Crippen molar-refractivity contribution in [3.05, 3.63) is 200 Å². The fraction of sp³-hybridized carbons (Fsp3) is 0.412. The lowest BCUT2D eigenvalue weighted by Gasteiger charge is -2.32. The molecule has 105 heavy (non-hydrogen) atoms. The van der Waals surface area contributed by atoms with Crippen LogP contribution in [0.15, 0.2) is 122 Å². The summed E-state index contributed by atoms with van der Waals surface area (Å²) < 4.78 is 45.2. The Labute approximate surface area is 612 Å². The Hall–Kier alpha value is -9.89. The van der Waals surface area contributed by atoms with Gasteiger partial charge in [0, 0.05) is 198 Å². The lowest BCUT2D eigenvalue weighted by atomic mass is 9.99. The van der Waals surface area contributed by atoms with E-state index in [0.717, 1.165) is 139 Å². The van der Waals surface area contributed by atoms with Gasteiger partial charge < -0.3 is 56.5 Å². The van der Waals surface area contributed by atoms with Crippen molar-refractivity contribution in [2.24, 2.45) is 0 Å². The zero-order chi connectivity index (χ0) is 73.8. The number of anilines is 2. The lowest BCUT2D eigenvalue weighted by Crippen LogP contribution is -2.43. The molecule has 0 bridgehead atoms. The van der Waals surface area contributed by atoms with Gasteiger partial charge in [-0.2, -0.15) is 10.2 Å². The number of pyridine rings is 2. The molecule has 0 radical (unpaired) electrons. The van der Waals surface area contributed by atoms with Crippen molar-refractivity contribution in [3.8, 4) is 11.1 Å². The summed E-state index contributed by atoms with van der Waals surface area (Å²) >= 11 is 0. The zero-order valence-corrected chi connectivity index (χ0v) is 61.1. The first-order valence-corrected chi connectivity index (χ1v) is 36.8. The number of nitrogens with one attached hydrogen (secondary N) is 7. The van der Waals surface area contributed by atoms with Gasteiger partial charge in [-0.15, -0.1) is 0 Å². The predicted octanol–water partition coefficient (Wildman–Crippen LogP) is 9.96. The molecule has 0 aliphatic carbocycles. The number of ether oxygens (including phenoxy) is 2. The fourth-order valence-electron chi connectivity index (χ4n) is 13.5. The number of hydrogen-bond donors (Lipinski definition) is 7.